The van der Waals surface area contributed by atoms with Gasteiger partial charge in [-0.25, -0.2) is 4.79 Å². The number of benzene rings is 1. The molecule has 0 fully saturated rings. The molecule has 2 aromatic rings. The molecule has 0 radical (unpaired) electrons. The fourth-order valence-electron chi connectivity index (χ4n) is 1.95. The maximum absolute atomic E-state index is 11.2. The SMILES string of the molecule is CC(=O)O[C@H](Cc1ccccc1OCc1cnccn1)C(=O)O. The molecule has 7 nitrogen and oxygen atoms in total. The lowest BCUT2D eigenvalue weighted by molar-refractivity contribution is -0.162. The van der Waals surface area contributed by atoms with Gasteiger partial charge in [0.25, 0.3) is 0 Å². The first-order valence-corrected chi connectivity index (χ1v) is 6.92. The van der Waals surface area contributed by atoms with Crippen LogP contribution in [0.2, 0.25) is 0 Å². The summed E-state index contributed by atoms with van der Waals surface area (Å²) in [6.07, 6.45) is 3.47. The Labute approximate surface area is 132 Å². The van der Waals surface area contributed by atoms with Crippen LogP contribution >= 0.6 is 0 Å². The van der Waals surface area contributed by atoms with E-state index in [1.807, 2.05) is 0 Å². The number of aliphatic carboxylic acids is 1. The Hall–Kier alpha value is -2.96. The van der Waals surface area contributed by atoms with Crippen molar-refractivity contribution in [3.05, 3.63) is 54.1 Å². The van der Waals surface area contributed by atoms with E-state index in [0.717, 1.165) is 0 Å². The molecule has 0 aliphatic heterocycles. The molecule has 2 rings (SSSR count). The molecule has 0 aliphatic rings. The van der Waals surface area contributed by atoms with E-state index in [2.05, 4.69) is 9.97 Å². The van der Waals surface area contributed by atoms with Crippen LogP contribution in [-0.4, -0.2) is 33.1 Å². The Morgan fingerprint density at radius 1 is 1.26 bits per heavy atom. The minimum atomic E-state index is -1.26. The summed E-state index contributed by atoms with van der Waals surface area (Å²) in [6.45, 7) is 1.38. The first-order chi connectivity index (χ1) is 11.1. The Kier molecular flexibility index (Phi) is 5.62. The highest BCUT2D eigenvalue weighted by atomic mass is 16.6. The number of carbonyl (C=O) groups excluding carboxylic acids is 1. The first-order valence-electron chi connectivity index (χ1n) is 6.92. The molecular weight excluding hydrogens is 300 g/mol. The van der Waals surface area contributed by atoms with Crippen molar-refractivity contribution in [2.75, 3.05) is 0 Å². The van der Waals surface area contributed by atoms with Crippen molar-refractivity contribution in [1.29, 1.82) is 0 Å². The second kappa shape index (κ2) is 7.88. The van der Waals surface area contributed by atoms with Gasteiger partial charge >= 0.3 is 11.9 Å². The molecule has 0 spiro atoms. The average Bonchev–Trinajstić information content (AvgIpc) is 2.54. The Balaban J connectivity index is 2.10. The fourth-order valence-corrected chi connectivity index (χ4v) is 1.95. The zero-order valence-corrected chi connectivity index (χ0v) is 12.5. The van der Waals surface area contributed by atoms with E-state index in [9.17, 15) is 9.59 Å². The predicted molar refractivity (Wildman–Crippen MR) is 79.7 cm³/mol. The number of rotatable bonds is 7. The van der Waals surface area contributed by atoms with Crippen LogP contribution in [0.25, 0.3) is 0 Å². The zero-order valence-electron chi connectivity index (χ0n) is 12.5. The summed E-state index contributed by atoms with van der Waals surface area (Å²) >= 11 is 0. The molecule has 1 atom stereocenters. The molecule has 1 aromatic carbocycles. The van der Waals surface area contributed by atoms with Crippen LogP contribution < -0.4 is 4.74 Å². The topological polar surface area (TPSA) is 98.6 Å². The standard InChI is InChI=1S/C16H16N2O5/c1-11(19)23-15(16(20)21)8-12-4-2-3-5-14(12)22-10-13-9-17-6-7-18-13/h2-7,9,15H,8,10H2,1H3,(H,20,21)/t15-/m1/s1. The summed E-state index contributed by atoms with van der Waals surface area (Å²) in [5, 5.41) is 9.15. The maximum Gasteiger partial charge on any atom is 0.345 e. The number of hydrogen-bond acceptors (Lipinski definition) is 6. The predicted octanol–water partition coefficient (Wildman–Crippen LogP) is 1.61. The Bertz CT molecular complexity index is 675. The molecule has 0 aliphatic carbocycles. The number of nitrogens with zero attached hydrogens (tertiary/aromatic N) is 2. The van der Waals surface area contributed by atoms with Crippen LogP contribution in [0.15, 0.2) is 42.9 Å². The van der Waals surface area contributed by atoms with Gasteiger partial charge in [0.1, 0.15) is 12.4 Å². The van der Waals surface area contributed by atoms with Crippen LogP contribution in [0.4, 0.5) is 0 Å². The molecule has 0 bridgehead atoms. The third-order valence-electron chi connectivity index (χ3n) is 2.95. The lowest BCUT2D eigenvalue weighted by Gasteiger charge is -2.15. The second-order valence-electron chi connectivity index (χ2n) is 4.73. The van der Waals surface area contributed by atoms with E-state index in [1.54, 1.807) is 42.9 Å². The van der Waals surface area contributed by atoms with Crippen LogP contribution in [0.5, 0.6) is 5.75 Å². The van der Waals surface area contributed by atoms with Crippen LogP contribution in [0.3, 0.4) is 0 Å². The number of carboxylic acid groups (broad SMARTS) is 1. The molecule has 7 heteroatoms. The minimum absolute atomic E-state index is 0.0194. The van der Waals surface area contributed by atoms with Crippen molar-refractivity contribution >= 4 is 11.9 Å². The van der Waals surface area contributed by atoms with E-state index in [-0.39, 0.29) is 13.0 Å². The van der Waals surface area contributed by atoms with Gasteiger partial charge in [-0.3, -0.25) is 14.8 Å². The monoisotopic (exact) mass is 316 g/mol. The lowest BCUT2D eigenvalue weighted by Crippen LogP contribution is -2.28. The van der Waals surface area contributed by atoms with Crippen molar-refractivity contribution in [1.82, 2.24) is 9.97 Å². The lowest BCUT2D eigenvalue weighted by atomic mass is 10.1. The van der Waals surface area contributed by atoms with Gasteiger partial charge < -0.3 is 14.6 Å². The molecule has 1 N–H and O–H groups in total. The van der Waals surface area contributed by atoms with Gasteiger partial charge in [-0.2, -0.15) is 0 Å². The van der Waals surface area contributed by atoms with E-state index in [4.69, 9.17) is 14.6 Å². The van der Waals surface area contributed by atoms with Crippen molar-refractivity contribution in [3.63, 3.8) is 0 Å². The molecule has 23 heavy (non-hydrogen) atoms. The normalized spacial score (nSPS) is 11.5. The molecule has 0 amide bonds. The van der Waals surface area contributed by atoms with Gasteiger partial charge in [0, 0.05) is 25.7 Å². The third-order valence-corrected chi connectivity index (χ3v) is 2.95. The second-order valence-corrected chi connectivity index (χ2v) is 4.73. The van der Waals surface area contributed by atoms with E-state index in [0.29, 0.717) is 17.0 Å². The van der Waals surface area contributed by atoms with Crippen LogP contribution in [0.1, 0.15) is 18.2 Å². The van der Waals surface area contributed by atoms with E-state index < -0.39 is 18.0 Å². The molecule has 0 unspecified atom stereocenters. The number of carbonyl (C=O) groups is 2. The van der Waals surface area contributed by atoms with Gasteiger partial charge in [0.15, 0.2) is 0 Å². The summed E-state index contributed by atoms with van der Waals surface area (Å²) in [5.41, 5.74) is 1.28. The highest BCUT2D eigenvalue weighted by molar-refractivity contribution is 5.77. The Morgan fingerprint density at radius 3 is 2.70 bits per heavy atom. The minimum Gasteiger partial charge on any atom is -0.487 e. The fraction of sp³-hybridized carbons (Fsp3) is 0.250. The molecule has 1 heterocycles. The summed E-state index contributed by atoms with van der Waals surface area (Å²) in [5.74, 6) is -1.34. The molecular formula is C16H16N2O5. The van der Waals surface area contributed by atoms with E-state index in [1.165, 1.54) is 6.92 Å². The van der Waals surface area contributed by atoms with Crippen molar-refractivity contribution < 1.29 is 24.2 Å². The van der Waals surface area contributed by atoms with Gasteiger partial charge in [0.05, 0.1) is 11.9 Å². The first kappa shape index (κ1) is 16.4. The Morgan fingerprint density at radius 2 is 2.04 bits per heavy atom. The number of esters is 1. The average molecular weight is 316 g/mol. The number of para-hydroxylation sites is 1. The van der Waals surface area contributed by atoms with Gasteiger partial charge in [-0.05, 0) is 11.6 Å². The largest absolute Gasteiger partial charge is 0.487 e. The van der Waals surface area contributed by atoms with E-state index >= 15 is 0 Å². The number of ether oxygens (including phenoxy) is 2. The molecule has 0 saturated heterocycles. The maximum atomic E-state index is 11.2. The third kappa shape index (κ3) is 5.06. The highest BCUT2D eigenvalue weighted by Gasteiger charge is 2.22. The number of hydrogen-bond donors (Lipinski definition) is 1. The zero-order chi connectivity index (χ0) is 16.7. The molecule has 0 saturated carbocycles. The van der Waals surface area contributed by atoms with Crippen LogP contribution in [0, 0.1) is 0 Å². The quantitative estimate of drug-likeness (QED) is 0.775. The van der Waals surface area contributed by atoms with Crippen molar-refractivity contribution in [2.45, 2.75) is 26.1 Å². The summed E-state index contributed by atoms with van der Waals surface area (Å²) in [4.78, 5) is 30.3. The summed E-state index contributed by atoms with van der Waals surface area (Å²) < 4.78 is 10.5. The van der Waals surface area contributed by atoms with Gasteiger partial charge in [-0.15, -0.1) is 0 Å². The number of carboxylic acids is 1. The van der Waals surface area contributed by atoms with Crippen molar-refractivity contribution in [3.8, 4) is 5.75 Å². The highest BCUT2D eigenvalue weighted by Crippen LogP contribution is 2.21. The van der Waals surface area contributed by atoms with Gasteiger partial charge in [0.2, 0.25) is 6.10 Å². The van der Waals surface area contributed by atoms with Gasteiger partial charge in [-0.1, -0.05) is 18.2 Å². The van der Waals surface area contributed by atoms with Crippen molar-refractivity contribution in [2.24, 2.45) is 0 Å². The molecule has 1 aromatic heterocycles. The molecule has 120 valence electrons. The number of aromatic nitrogens is 2. The smallest absolute Gasteiger partial charge is 0.345 e. The summed E-state index contributed by atoms with van der Waals surface area (Å²) in [6, 6.07) is 6.98. The van der Waals surface area contributed by atoms with Crippen LogP contribution in [-0.2, 0) is 27.4 Å². The summed E-state index contributed by atoms with van der Waals surface area (Å²) in [7, 11) is 0.